The molecule has 1 saturated heterocycles. The number of esters is 1. The first-order chi connectivity index (χ1) is 18.5. The average molecular weight is 541 g/mol. The minimum atomic E-state index is -1.78. The lowest BCUT2D eigenvalue weighted by molar-refractivity contribution is -0.234. The number of phenols is 2. The number of hydrogen-bond donors (Lipinski definition) is 5. The van der Waals surface area contributed by atoms with Crippen LogP contribution in [0.3, 0.4) is 0 Å². The first-order valence-electron chi connectivity index (χ1n) is 12.1. The largest absolute Gasteiger partial charge is 0.508 e. The molecule has 2 aromatic carbocycles. The highest BCUT2D eigenvalue weighted by molar-refractivity contribution is 5.87. The van der Waals surface area contributed by atoms with Crippen LogP contribution in [0, 0.1) is 6.92 Å². The molecule has 1 fully saturated rings. The fraction of sp³-hybridized carbons (Fsp3) is 0.321. The predicted molar refractivity (Wildman–Crippen MR) is 137 cm³/mol. The molecular weight excluding hydrogens is 512 g/mol. The summed E-state index contributed by atoms with van der Waals surface area (Å²) in [4.78, 5) is 36.7. The van der Waals surface area contributed by atoms with E-state index in [1.54, 1.807) is 19.1 Å². The van der Waals surface area contributed by atoms with Crippen LogP contribution in [0.5, 0.6) is 11.5 Å². The summed E-state index contributed by atoms with van der Waals surface area (Å²) < 4.78 is 16.8. The van der Waals surface area contributed by atoms with Crippen molar-refractivity contribution < 1.29 is 49.0 Å². The molecule has 0 amide bonds. The van der Waals surface area contributed by atoms with Crippen molar-refractivity contribution in [2.75, 3.05) is 6.61 Å². The van der Waals surface area contributed by atoms with Gasteiger partial charge in [-0.25, -0.2) is 4.79 Å². The molecule has 39 heavy (non-hydrogen) atoms. The summed E-state index contributed by atoms with van der Waals surface area (Å²) in [7, 11) is 0. The maximum absolute atomic E-state index is 12.8. The molecule has 0 spiro atoms. The molecule has 4 rings (SSSR count). The smallest absolute Gasteiger partial charge is 0.330 e. The van der Waals surface area contributed by atoms with Crippen molar-refractivity contribution in [3.8, 4) is 11.5 Å². The van der Waals surface area contributed by atoms with E-state index < -0.39 is 54.3 Å². The Labute approximate surface area is 222 Å². The highest BCUT2D eigenvalue weighted by atomic mass is 16.6. The van der Waals surface area contributed by atoms with E-state index in [2.05, 4.69) is 0 Å². The highest BCUT2D eigenvalue weighted by Gasteiger charge is 2.46. The number of aliphatic hydroxyl groups excluding tert-OH is 3. The normalized spacial score (nSPS) is 23.3. The minimum Gasteiger partial charge on any atom is -0.508 e. The Bertz CT molecular complexity index is 1470. The number of aromatic hydroxyl groups is 2. The van der Waals surface area contributed by atoms with E-state index in [1.165, 1.54) is 37.3 Å². The molecular formula is C28H28O11. The molecule has 5 atom stereocenters. The number of phenolic OH excluding ortho intramolecular Hbond substituents is 2. The van der Waals surface area contributed by atoms with E-state index in [0.717, 1.165) is 6.08 Å². The Morgan fingerprint density at radius 3 is 2.38 bits per heavy atom. The van der Waals surface area contributed by atoms with Crippen molar-refractivity contribution in [3.63, 3.8) is 0 Å². The van der Waals surface area contributed by atoms with Gasteiger partial charge in [0, 0.05) is 12.1 Å². The van der Waals surface area contributed by atoms with Gasteiger partial charge in [-0.1, -0.05) is 12.1 Å². The third kappa shape index (κ3) is 6.02. The summed E-state index contributed by atoms with van der Waals surface area (Å²) in [6.45, 7) is 2.36. The number of aliphatic hydroxyl groups is 3. The third-order valence-electron chi connectivity index (χ3n) is 6.38. The number of fused-ring (bicyclic) bond motifs is 1. The maximum Gasteiger partial charge on any atom is 0.330 e. The van der Waals surface area contributed by atoms with E-state index in [-0.39, 0.29) is 40.2 Å². The number of benzene rings is 2. The summed E-state index contributed by atoms with van der Waals surface area (Å²) >= 11 is 0. The number of carbonyl (C=O) groups is 2. The molecule has 3 aromatic rings. The van der Waals surface area contributed by atoms with Crippen LogP contribution in [0.1, 0.15) is 35.5 Å². The molecule has 11 nitrogen and oxygen atoms in total. The van der Waals surface area contributed by atoms with Crippen LogP contribution >= 0.6 is 0 Å². The lowest BCUT2D eigenvalue weighted by Gasteiger charge is -2.40. The molecule has 0 unspecified atom stereocenters. The van der Waals surface area contributed by atoms with Crippen LogP contribution in [-0.4, -0.2) is 68.3 Å². The van der Waals surface area contributed by atoms with Gasteiger partial charge in [-0.3, -0.25) is 9.59 Å². The molecule has 0 radical (unpaired) electrons. The molecule has 1 aliphatic rings. The Hall–Kier alpha value is -4.03. The van der Waals surface area contributed by atoms with Crippen molar-refractivity contribution in [2.45, 2.75) is 50.8 Å². The SMILES string of the molecule is CC(=O)Cc1cc(=O)c2c(C)cc(O)c([C@@H]3O[C@H](COC(=O)/C=C/c4ccc(O)cc4)[C@@H](O)[C@H](O)[C@H]3O)c2o1. The van der Waals surface area contributed by atoms with Gasteiger partial charge < -0.3 is 39.4 Å². The molecule has 1 aliphatic heterocycles. The summed E-state index contributed by atoms with van der Waals surface area (Å²) in [5.41, 5.74) is 0.190. The fourth-order valence-corrected chi connectivity index (χ4v) is 4.47. The second-order valence-corrected chi connectivity index (χ2v) is 9.41. The standard InChI is InChI=1S/C28H28O11/c1-13-9-18(31)23(27-22(13)19(32)11-17(38-27)10-14(2)29)28-26(36)25(35)24(34)20(39-28)12-37-21(33)8-5-15-3-6-16(30)7-4-15/h3-9,11,20,24-26,28,30-31,34-36H,10,12H2,1-2H3/b8-5+/t20-,24-,25+,26-,28+/m1/s1. The van der Waals surface area contributed by atoms with Gasteiger partial charge in [0.1, 0.15) is 65.8 Å². The van der Waals surface area contributed by atoms with Gasteiger partial charge in [-0.2, -0.15) is 0 Å². The topological polar surface area (TPSA) is 184 Å². The number of carbonyl (C=O) groups excluding carboxylic acids is 2. The third-order valence-corrected chi connectivity index (χ3v) is 6.38. The molecule has 1 aromatic heterocycles. The van der Waals surface area contributed by atoms with E-state index >= 15 is 0 Å². The minimum absolute atomic E-state index is 0.0306. The number of hydrogen-bond acceptors (Lipinski definition) is 11. The highest BCUT2D eigenvalue weighted by Crippen LogP contribution is 2.41. The van der Waals surface area contributed by atoms with E-state index in [9.17, 15) is 39.9 Å². The van der Waals surface area contributed by atoms with Gasteiger partial charge in [-0.15, -0.1) is 0 Å². The summed E-state index contributed by atoms with van der Waals surface area (Å²) in [5.74, 6) is -1.38. The second-order valence-electron chi connectivity index (χ2n) is 9.41. The Balaban J connectivity index is 1.62. The summed E-state index contributed by atoms with van der Waals surface area (Å²) in [6.07, 6.45) is -5.66. The molecule has 206 valence electrons. The predicted octanol–water partition coefficient (Wildman–Crippen LogP) is 1.42. The maximum atomic E-state index is 12.8. The summed E-state index contributed by atoms with van der Waals surface area (Å²) in [5, 5.41) is 52.0. The number of aryl methyl sites for hydroxylation is 1. The molecule has 0 saturated carbocycles. The monoisotopic (exact) mass is 540 g/mol. The second kappa shape index (κ2) is 11.4. The van der Waals surface area contributed by atoms with Crippen LogP contribution in [0.2, 0.25) is 0 Å². The number of ketones is 1. The lowest BCUT2D eigenvalue weighted by Crippen LogP contribution is -2.55. The molecule has 0 bridgehead atoms. The first-order valence-corrected chi connectivity index (χ1v) is 12.1. The van der Waals surface area contributed by atoms with Gasteiger partial charge in [-0.05, 0) is 49.2 Å². The zero-order valence-corrected chi connectivity index (χ0v) is 21.1. The Morgan fingerprint density at radius 2 is 1.72 bits per heavy atom. The van der Waals surface area contributed by atoms with Gasteiger partial charge in [0.2, 0.25) is 0 Å². The van der Waals surface area contributed by atoms with Gasteiger partial charge in [0.25, 0.3) is 0 Å². The van der Waals surface area contributed by atoms with Crippen LogP contribution in [0.25, 0.3) is 17.0 Å². The van der Waals surface area contributed by atoms with Gasteiger partial charge in [0.05, 0.1) is 17.4 Å². The Kier molecular flexibility index (Phi) is 8.17. The van der Waals surface area contributed by atoms with Crippen molar-refractivity contribution in [3.05, 3.63) is 75.1 Å². The van der Waals surface area contributed by atoms with Crippen LogP contribution in [0.15, 0.2) is 51.7 Å². The number of ether oxygens (including phenoxy) is 2. The van der Waals surface area contributed by atoms with E-state index in [4.69, 9.17) is 13.9 Å². The van der Waals surface area contributed by atoms with E-state index in [0.29, 0.717) is 11.1 Å². The van der Waals surface area contributed by atoms with E-state index in [1.807, 2.05) is 0 Å². The average Bonchev–Trinajstić information content (AvgIpc) is 2.86. The van der Waals surface area contributed by atoms with Crippen LogP contribution in [0.4, 0.5) is 0 Å². The Morgan fingerprint density at radius 1 is 1.03 bits per heavy atom. The first kappa shape index (κ1) is 28.0. The van der Waals surface area contributed by atoms with Crippen molar-refractivity contribution in [1.82, 2.24) is 0 Å². The van der Waals surface area contributed by atoms with Crippen LogP contribution in [-0.2, 0) is 25.5 Å². The summed E-state index contributed by atoms with van der Waals surface area (Å²) in [6, 6.07) is 8.49. The number of rotatable bonds is 7. The fourth-order valence-electron chi connectivity index (χ4n) is 4.47. The van der Waals surface area contributed by atoms with Crippen molar-refractivity contribution >= 4 is 28.8 Å². The number of Topliss-reactive ketones (excluding diaryl/α,β-unsaturated/α-hetero) is 1. The quantitative estimate of drug-likeness (QED) is 0.216. The van der Waals surface area contributed by atoms with Crippen LogP contribution < -0.4 is 5.43 Å². The van der Waals surface area contributed by atoms with Gasteiger partial charge in [0.15, 0.2) is 5.43 Å². The molecule has 0 aliphatic carbocycles. The lowest BCUT2D eigenvalue weighted by atomic mass is 9.89. The van der Waals surface area contributed by atoms with Gasteiger partial charge >= 0.3 is 5.97 Å². The van der Waals surface area contributed by atoms with Crippen molar-refractivity contribution in [1.29, 1.82) is 0 Å². The molecule has 2 heterocycles. The zero-order valence-electron chi connectivity index (χ0n) is 21.1. The zero-order chi connectivity index (χ0) is 28.4. The molecule has 5 N–H and O–H groups in total. The molecule has 11 heteroatoms. The van der Waals surface area contributed by atoms with Crippen molar-refractivity contribution in [2.24, 2.45) is 0 Å².